The number of nitrogens with two attached hydrogens (primary N) is 1. The molecular formula is C20H22N2O3. The van der Waals surface area contributed by atoms with Gasteiger partial charge >= 0.3 is 0 Å². The highest BCUT2D eigenvalue weighted by Crippen LogP contribution is 2.17. The van der Waals surface area contributed by atoms with Crippen molar-refractivity contribution in [3.63, 3.8) is 0 Å². The van der Waals surface area contributed by atoms with Crippen LogP contribution in [-0.2, 0) is 17.8 Å². The Bertz CT molecular complexity index is 750. The van der Waals surface area contributed by atoms with E-state index >= 15 is 0 Å². The summed E-state index contributed by atoms with van der Waals surface area (Å²) in [5, 5.41) is 0. The smallest absolute Gasteiger partial charge is 0.253 e. The van der Waals surface area contributed by atoms with E-state index in [0.717, 1.165) is 37.1 Å². The topological polar surface area (TPSA) is 72.6 Å². The van der Waals surface area contributed by atoms with Gasteiger partial charge in [-0.05, 0) is 48.2 Å². The molecule has 1 heterocycles. The predicted octanol–water partition coefficient (Wildman–Crippen LogP) is 2.53. The van der Waals surface area contributed by atoms with Gasteiger partial charge in [-0.1, -0.05) is 24.3 Å². The minimum Gasteiger partial charge on any atom is -0.489 e. The number of rotatable bonds is 6. The first-order valence-electron chi connectivity index (χ1n) is 8.50. The second-order valence-electron chi connectivity index (χ2n) is 6.28. The Hall–Kier alpha value is -2.82. The van der Waals surface area contributed by atoms with Crippen LogP contribution in [0.4, 0.5) is 0 Å². The number of primary amides is 1. The van der Waals surface area contributed by atoms with Crippen molar-refractivity contribution in [3.8, 4) is 5.75 Å². The Kier molecular flexibility index (Phi) is 5.33. The molecule has 5 nitrogen and oxygen atoms in total. The quantitative estimate of drug-likeness (QED) is 0.880. The van der Waals surface area contributed by atoms with Gasteiger partial charge in [0.15, 0.2) is 0 Å². The molecule has 2 amide bonds. The number of hydrogen-bond donors (Lipinski definition) is 1. The van der Waals surface area contributed by atoms with E-state index in [9.17, 15) is 9.59 Å². The molecule has 1 aliphatic rings. The van der Waals surface area contributed by atoms with Gasteiger partial charge in [0.1, 0.15) is 12.4 Å². The van der Waals surface area contributed by atoms with Crippen LogP contribution in [0.2, 0.25) is 0 Å². The van der Waals surface area contributed by atoms with Crippen LogP contribution in [-0.4, -0.2) is 29.8 Å². The lowest BCUT2D eigenvalue weighted by Crippen LogP contribution is -2.27. The molecule has 1 saturated heterocycles. The monoisotopic (exact) mass is 338 g/mol. The lowest BCUT2D eigenvalue weighted by atomic mass is 10.1. The highest BCUT2D eigenvalue weighted by molar-refractivity contribution is 5.94. The van der Waals surface area contributed by atoms with Gasteiger partial charge in [-0.25, -0.2) is 0 Å². The average molecular weight is 338 g/mol. The third kappa shape index (κ3) is 4.59. The maximum atomic E-state index is 12.3. The third-order valence-corrected chi connectivity index (χ3v) is 4.28. The van der Waals surface area contributed by atoms with Gasteiger partial charge in [0.25, 0.3) is 5.91 Å². The Morgan fingerprint density at radius 1 is 1.00 bits per heavy atom. The number of ether oxygens (including phenoxy) is 1. The van der Waals surface area contributed by atoms with Gasteiger partial charge in [-0.3, -0.25) is 9.59 Å². The highest BCUT2D eigenvalue weighted by atomic mass is 16.5. The van der Waals surface area contributed by atoms with Crippen molar-refractivity contribution in [2.24, 2.45) is 5.73 Å². The number of carbonyl (C=O) groups is 2. The first kappa shape index (κ1) is 17.0. The van der Waals surface area contributed by atoms with Crippen LogP contribution in [0.1, 0.15) is 34.3 Å². The van der Waals surface area contributed by atoms with E-state index in [2.05, 4.69) is 0 Å². The molecule has 0 radical (unpaired) electrons. The summed E-state index contributed by atoms with van der Waals surface area (Å²) in [6, 6.07) is 14.9. The van der Waals surface area contributed by atoms with Crippen LogP contribution in [0.25, 0.3) is 0 Å². The number of nitrogens with zero attached hydrogens (tertiary/aromatic N) is 1. The maximum Gasteiger partial charge on any atom is 0.253 e. The molecule has 0 saturated carbocycles. The number of carbonyl (C=O) groups excluding carboxylic acids is 2. The zero-order valence-corrected chi connectivity index (χ0v) is 14.1. The normalized spacial score (nSPS) is 13.7. The first-order valence-corrected chi connectivity index (χ1v) is 8.50. The van der Waals surface area contributed by atoms with E-state index < -0.39 is 0 Å². The minimum absolute atomic E-state index is 0.101. The molecule has 0 atom stereocenters. The summed E-state index contributed by atoms with van der Waals surface area (Å²) in [6.07, 6.45) is 2.38. The summed E-state index contributed by atoms with van der Waals surface area (Å²) in [6.45, 7) is 2.11. The SMILES string of the molecule is NC(=O)Cc1cccc(OCc2ccc(C(=O)N3CCCC3)cc2)c1. The summed E-state index contributed by atoms with van der Waals surface area (Å²) in [7, 11) is 0. The van der Waals surface area contributed by atoms with Crippen LogP contribution in [0.15, 0.2) is 48.5 Å². The molecule has 130 valence electrons. The van der Waals surface area contributed by atoms with Gasteiger partial charge in [-0.2, -0.15) is 0 Å². The predicted molar refractivity (Wildman–Crippen MR) is 95.3 cm³/mol. The Morgan fingerprint density at radius 2 is 1.72 bits per heavy atom. The van der Waals surface area contributed by atoms with E-state index in [1.807, 2.05) is 53.4 Å². The van der Waals surface area contributed by atoms with Gasteiger partial charge in [0.05, 0.1) is 6.42 Å². The molecular weight excluding hydrogens is 316 g/mol. The van der Waals surface area contributed by atoms with Crippen molar-refractivity contribution < 1.29 is 14.3 Å². The van der Waals surface area contributed by atoms with E-state index in [4.69, 9.17) is 10.5 Å². The lowest BCUT2D eigenvalue weighted by molar-refractivity contribution is -0.117. The Morgan fingerprint density at radius 3 is 2.40 bits per heavy atom. The van der Waals surface area contributed by atoms with Crippen molar-refractivity contribution in [2.45, 2.75) is 25.9 Å². The van der Waals surface area contributed by atoms with E-state index in [1.54, 1.807) is 0 Å². The van der Waals surface area contributed by atoms with Crippen molar-refractivity contribution in [1.82, 2.24) is 4.90 Å². The van der Waals surface area contributed by atoms with E-state index in [0.29, 0.717) is 17.9 Å². The Labute approximate surface area is 147 Å². The van der Waals surface area contributed by atoms with Gasteiger partial charge in [0, 0.05) is 18.7 Å². The van der Waals surface area contributed by atoms with Crippen LogP contribution in [0.5, 0.6) is 5.75 Å². The fourth-order valence-electron chi connectivity index (χ4n) is 2.96. The van der Waals surface area contributed by atoms with Crippen LogP contribution in [0, 0.1) is 0 Å². The highest BCUT2D eigenvalue weighted by Gasteiger charge is 2.19. The zero-order valence-electron chi connectivity index (χ0n) is 14.1. The molecule has 2 aromatic rings. The van der Waals surface area contributed by atoms with Crippen LogP contribution in [0.3, 0.4) is 0 Å². The molecule has 3 rings (SSSR count). The van der Waals surface area contributed by atoms with Gasteiger partial charge in [0.2, 0.25) is 5.91 Å². The summed E-state index contributed by atoms with van der Waals surface area (Å²) in [4.78, 5) is 25.2. The Balaban J connectivity index is 1.58. The zero-order chi connectivity index (χ0) is 17.6. The molecule has 0 spiro atoms. The van der Waals surface area contributed by atoms with Crippen molar-refractivity contribution >= 4 is 11.8 Å². The number of hydrogen-bond acceptors (Lipinski definition) is 3. The molecule has 0 bridgehead atoms. The third-order valence-electron chi connectivity index (χ3n) is 4.28. The molecule has 2 aromatic carbocycles. The number of amides is 2. The van der Waals surface area contributed by atoms with Gasteiger partial charge < -0.3 is 15.4 Å². The van der Waals surface area contributed by atoms with E-state index in [-0.39, 0.29) is 18.2 Å². The number of likely N-dealkylation sites (tertiary alicyclic amines) is 1. The standard InChI is InChI=1S/C20H22N2O3/c21-19(23)13-16-4-3-5-18(12-16)25-14-15-6-8-17(9-7-15)20(24)22-10-1-2-11-22/h3-9,12H,1-2,10-11,13-14H2,(H2,21,23). The molecule has 25 heavy (non-hydrogen) atoms. The lowest BCUT2D eigenvalue weighted by Gasteiger charge is -2.15. The van der Waals surface area contributed by atoms with Crippen LogP contribution < -0.4 is 10.5 Å². The van der Waals surface area contributed by atoms with E-state index in [1.165, 1.54) is 0 Å². The molecule has 5 heteroatoms. The molecule has 0 unspecified atom stereocenters. The van der Waals surface area contributed by atoms with Crippen molar-refractivity contribution in [1.29, 1.82) is 0 Å². The summed E-state index contributed by atoms with van der Waals surface area (Å²) in [5.74, 6) is 0.426. The van der Waals surface area contributed by atoms with Crippen molar-refractivity contribution in [3.05, 3.63) is 65.2 Å². The summed E-state index contributed by atoms with van der Waals surface area (Å²) in [5.41, 5.74) is 7.74. The second-order valence-corrected chi connectivity index (χ2v) is 6.28. The molecule has 1 fully saturated rings. The summed E-state index contributed by atoms with van der Waals surface area (Å²) >= 11 is 0. The van der Waals surface area contributed by atoms with Gasteiger partial charge in [-0.15, -0.1) is 0 Å². The minimum atomic E-state index is -0.365. The average Bonchev–Trinajstić information content (AvgIpc) is 3.14. The van der Waals surface area contributed by atoms with Crippen molar-refractivity contribution in [2.75, 3.05) is 13.1 Å². The largest absolute Gasteiger partial charge is 0.489 e. The molecule has 1 aliphatic heterocycles. The summed E-state index contributed by atoms with van der Waals surface area (Å²) < 4.78 is 5.77. The fourth-order valence-corrected chi connectivity index (χ4v) is 2.96. The van der Waals surface area contributed by atoms with Crippen LogP contribution >= 0.6 is 0 Å². The maximum absolute atomic E-state index is 12.3. The number of benzene rings is 2. The molecule has 0 aromatic heterocycles. The second kappa shape index (κ2) is 7.83. The first-order chi connectivity index (χ1) is 12.1. The molecule has 2 N–H and O–H groups in total. The molecule has 0 aliphatic carbocycles. The fraction of sp³-hybridized carbons (Fsp3) is 0.300.